The molecule has 2 N–H and O–H groups in total. The van der Waals surface area contributed by atoms with E-state index in [0.29, 0.717) is 13.1 Å². The molecule has 1 aromatic rings. The van der Waals surface area contributed by atoms with Crippen LogP contribution in [0.5, 0.6) is 0 Å². The van der Waals surface area contributed by atoms with Gasteiger partial charge in [-0.05, 0) is 44.4 Å². The number of carbonyl (C=O) groups is 1. The minimum absolute atomic E-state index is 0. The number of nitrogens with zero attached hydrogens (tertiary/aromatic N) is 1. The first-order chi connectivity index (χ1) is 9.95. The summed E-state index contributed by atoms with van der Waals surface area (Å²) in [6.45, 7) is 5.81. The maximum Gasteiger partial charge on any atom is 0.247 e. The molecule has 2 atom stereocenters. The van der Waals surface area contributed by atoms with Crippen LogP contribution in [0.1, 0.15) is 32.3 Å². The largest absolute Gasteiger partial charge is 0.376 e. The van der Waals surface area contributed by atoms with Crippen LogP contribution in [0.4, 0.5) is 0 Å². The van der Waals surface area contributed by atoms with Crippen LogP contribution >= 0.6 is 28.3 Å². The van der Waals surface area contributed by atoms with Gasteiger partial charge < -0.3 is 15.4 Å². The Morgan fingerprint density at radius 1 is 1.45 bits per heavy atom. The Balaban J connectivity index is 0.00000242. The van der Waals surface area contributed by atoms with Crippen LogP contribution in [0.15, 0.2) is 28.7 Å². The van der Waals surface area contributed by atoms with Crippen LogP contribution in [0.2, 0.25) is 0 Å². The van der Waals surface area contributed by atoms with Crippen LogP contribution in [-0.2, 0) is 15.1 Å². The van der Waals surface area contributed by atoms with Gasteiger partial charge in [-0.3, -0.25) is 4.79 Å². The van der Waals surface area contributed by atoms with E-state index in [-0.39, 0.29) is 24.4 Å². The highest BCUT2D eigenvalue weighted by Gasteiger charge is 2.35. The Labute approximate surface area is 146 Å². The van der Waals surface area contributed by atoms with Crippen molar-refractivity contribution >= 4 is 34.2 Å². The van der Waals surface area contributed by atoms with E-state index >= 15 is 0 Å². The normalized spacial score (nSPS) is 20.1. The first-order valence-electron chi connectivity index (χ1n) is 7.41. The maximum absolute atomic E-state index is 12.8. The zero-order chi connectivity index (χ0) is 15.5. The third-order valence-electron chi connectivity index (χ3n) is 4.01. The van der Waals surface area contributed by atoms with Crippen LogP contribution < -0.4 is 5.73 Å². The molecule has 0 radical (unpaired) electrons. The van der Waals surface area contributed by atoms with Crippen LogP contribution in [-0.4, -0.2) is 36.6 Å². The molecule has 1 fully saturated rings. The topological polar surface area (TPSA) is 55.6 Å². The SMILES string of the molecule is CCN(CC1CCCO1)C(=O)C(C)(N)c1ccc(Br)cc1.Cl. The molecule has 0 spiro atoms. The van der Waals surface area contributed by atoms with Crippen molar-refractivity contribution in [1.82, 2.24) is 4.90 Å². The second kappa shape index (κ2) is 8.29. The minimum Gasteiger partial charge on any atom is -0.376 e. The standard InChI is InChI=1S/C16H23BrN2O2.ClH/c1-3-19(11-14-5-4-10-21-14)15(20)16(2,18)12-6-8-13(17)9-7-12;/h6-9,14H,3-5,10-11,18H2,1-2H3;1H. The molecular formula is C16H24BrClN2O2. The molecule has 1 aliphatic rings. The third kappa shape index (κ3) is 4.44. The van der Waals surface area contributed by atoms with Crippen molar-refractivity contribution in [3.05, 3.63) is 34.3 Å². The van der Waals surface area contributed by atoms with Crippen molar-refractivity contribution in [2.75, 3.05) is 19.7 Å². The highest BCUT2D eigenvalue weighted by Crippen LogP contribution is 2.24. The van der Waals surface area contributed by atoms with E-state index in [1.54, 1.807) is 11.8 Å². The molecule has 0 aromatic heterocycles. The fourth-order valence-corrected chi connectivity index (χ4v) is 2.90. The Kier molecular flexibility index (Phi) is 7.32. The lowest BCUT2D eigenvalue weighted by Gasteiger charge is -2.32. The quantitative estimate of drug-likeness (QED) is 0.839. The average Bonchev–Trinajstić information content (AvgIpc) is 2.97. The summed E-state index contributed by atoms with van der Waals surface area (Å²) >= 11 is 3.40. The molecule has 6 heteroatoms. The second-order valence-corrected chi connectivity index (χ2v) is 6.60. The molecule has 124 valence electrons. The van der Waals surface area contributed by atoms with Crippen molar-refractivity contribution in [3.8, 4) is 0 Å². The molecule has 4 nitrogen and oxygen atoms in total. The van der Waals surface area contributed by atoms with E-state index in [9.17, 15) is 4.79 Å². The lowest BCUT2D eigenvalue weighted by atomic mass is 9.91. The summed E-state index contributed by atoms with van der Waals surface area (Å²) in [7, 11) is 0. The van der Waals surface area contributed by atoms with Gasteiger partial charge in [0.2, 0.25) is 5.91 Å². The van der Waals surface area contributed by atoms with Gasteiger partial charge in [-0.2, -0.15) is 0 Å². The van der Waals surface area contributed by atoms with E-state index in [2.05, 4.69) is 15.9 Å². The predicted molar refractivity (Wildman–Crippen MR) is 94.2 cm³/mol. The first kappa shape index (κ1) is 19.4. The Morgan fingerprint density at radius 3 is 2.59 bits per heavy atom. The van der Waals surface area contributed by atoms with Gasteiger partial charge in [0, 0.05) is 24.2 Å². The molecule has 2 rings (SSSR count). The van der Waals surface area contributed by atoms with Gasteiger partial charge in [0.25, 0.3) is 0 Å². The Morgan fingerprint density at radius 2 is 2.09 bits per heavy atom. The number of ether oxygens (including phenoxy) is 1. The van der Waals surface area contributed by atoms with Crippen molar-refractivity contribution in [2.24, 2.45) is 5.73 Å². The number of nitrogens with two attached hydrogens (primary N) is 1. The lowest BCUT2D eigenvalue weighted by Crippen LogP contribution is -2.52. The first-order valence-corrected chi connectivity index (χ1v) is 8.20. The fourth-order valence-electron chi connectivity index (χ4n) is 2.64. The van der Waals surface area contributed by atoms with Crippen molar-refractivity contribution in [3.63, 3.8) is 0 Å². The van der Waals surface area contributed by atoms with Gasteiger partial charge in [0.1, 0.15) is 5.54 Å². The summed E-state index contributed by atoms with van der Waals surface area (Å²) in [6, 6.07) is 7.60. The summed E-state index contributed by atoms with van der Waals surface area (Å²) < 4.78 is 6.60. The molecular weight excluding hydrogens is 368 g/mol. The number of hydrogen-bond donors (Lipinski definition) is 1. The van der Waals surface area contributed by atoms with Crippen molar-refractivity contribution in [1.29, 1.82) is 0 Å². The molecule has 0 saturated carbocycles. The average molecular weight is 392 g/mol. The highest BCUT2D eigenvalue weighted by atomic mass is 79.9. The Bertz CT molecular complexity index is 487. The fraction of sp³-hybridized carbons (Fsp3) is 0.562. The predicted octanol–water partition coefficient (Wildman–Crippen LogP) is 3.07. The molecule has 1 aliphatic heterocycles. The van der Waals surface area contributed by atoms with E-state index in [1.165, 1.54) is 0 Å². The molecule has 1 aromatic carbocycles. The van der Waals surface area contributed by atoms with Crippen LogP contribution in [0.25, 0.3) is 0 Å². The molecule has 2 unspecified atom stereocenters. The molecule has 1 heterocycles. The van der Waals surface area contributed by atoms with Crippen molar-refractivity contribution < 1.29 is 9.53 Å². The number of amides is 1. The van der Waals surface area contributed by atoms with Gasteiger partial charge >= 0.3 is 0 Å². The highest BCUT2D eigenvalue weighted by molar-refractivity contribution is 9.10. The third-order valence-corrected chi connectivity index (χ3v) is 4.53. The summed E-state index contributed by atoms with van der Waals surface area (Å²) in [4.78, 5) is 14.6. The van der Waals surface area contributed by atoms with Crippen LogP contribution in [0.3, 0.4) is 0 Å². The van der Waals surface area contributed by atoms with E-state index in [0.717, 1.165) is 29.5 Å². The number of hydrogen-bond acceptors (Lipinski definition) is 3. The number of halogens is 2. The van der Waals surface area contributed by atoms with Crippen LogP contribution in [0, 0.1) is 0 Å². The summed E-state index contributed by atoms with van der Waals surface area (Å²) in [5.74, 6) is -0.0529. The maximum atomic E-state index is 12.8. The summed E-state index contributed by atoms with van der Waals surface area (Å²) in [6.07, 6.45) is 2.24. The van der Waals surface area contributed by atoms with Gasteiger partial charge in [-0.25, -0.2) is 0 Å². The number of carbonyl (C=O) groups excluding carboxylic acids is 1. The van der Waals surface area contributed by atoms with Gasteiger partial charge in [0.15, 0.2) is 0 Å². The van der Waals surface area contributed by atoms with Gasteiger partial charge in [-0.1, -0.05) is 28.1 Å². The van der Waals surface area contributed by atoms with E-state index < -0.39 is 5.54 Å². The zero-order valence-corrected chi connectivity index (χ0v) is 15.5. The molecule has 0 bridgehead atoms. The van der Waals surface area contributed by atoms with E-state index in [1.807, 2.05) is 31.2 Å². The van der Waals surface area contributed by atoms with Gasteiger partial charge in [0.05, 0.1) is 6.10 Å². The zero-order valence-electron chi connectivity index (χ0n) is 13.0. The number of rotatable bonds is 5. The molecule has 1 amide bonds. The smallest absolute Gasteiger partial charge is 0.247 e. The number of likely N-dealkylation sites (N-methyl/N-ethyl adjacent to an activating group) is 1. The minimum atomic E-state index is -1.02. The number of benzene rings is 1. The summed E-state index contributed by atoms with van der Waals surface area (Å²) in [5, 5.41) is 0. The van der Waals surface area contributed by atoms with Crippen molar-refractivity contribution in [2.45, 2.75) is 38.3 Å². The Hall–Kier alpha value is -0.620. The second-order valence-electron chi connectivity index (χ2n) is 5.69. The monoisotopic (exact) mass is 390 g/mol. The molecule has 0 aliphatic carbocycles. The lowest BCUT2D eigenvalue weighted by molar-refractivity contribution is -0.138. The molecule has 22 heavy (non-hydrogen) atoms. The molecule has 1 saturated heterocycles. The summed E-state index contributed by atoms with van der Waals surface area (Å²) in [5.41, 5.74) is 6.14. The van der Waals surface area contributed by atoms with Gasteiger partial charge in [-0.15, -0.1) is 12.4 Å². The van der Waals surface area contributed by atoms with E-state index in [4.69, 9.17) is 10.5 Å².